The fourth-order valence-corrected chi connectivity index (χ4v) is 3.71. The van der Waals surface area contributed by atoms with Crippen molar-refractivity contribution in [3.8, 4) is 0 Å². The average Bonchev–Trinajstić information content (AvgIpc) is 3.15. The Morgan fingerprint density at radius 1 is 1.15 bits per heavy atom. The number of ether oxygens (including phenoxy) is 1. The molecule has 0 bridgehead atoms. The van der Waals surface area contributed by atoms with Crippen LogP contribution in [0, 0.1) is 0 Å². The Morgan fingerprint density at radius 3 is 2.69 bits per heavy atom. The van der Waals surface area contributed by atoms with Gasteiger partial charge in [0.2, 0.25) is 10.0 Å². The standard InChI is InChI=1S/C17H21N3O5S/c21-17(13-20-6-9-24-10-7-20)19-14-3-1-5-16(11-14)26(22,23)18-12-15-4-2-8-25-15/h1-5,8,11,18H,6-7,9-10,12-13H2,(H,19,21)/p+1. The van der Waals surface area contributed by atoms with Gasteiger partial charge in [0.05, 0.1) is 30.9 Å². The highest BCUT2D eigenvalue weighted by Gasteiger charge is 2.19. The molecule has 0 spiro atoms. The molecule has 3 N–H and O–H groups in total. The Balaban J connectivity index is 1.60. The van der Waals surface area contributed by atoms with Gasteiger partial charge in [0, 0.05) is 5.69 Å². The van der Waals surface area contributed by atoms with E-state index in [-0.39, 0.29) is 17.3 Å². The highest BCUT2D eigenvalue weighted by atomic mass is 32.2. The third-order valence-corrected chi connectivity index (χ3v) is 5.45. The molecule has 140 valence electrons. The molecule has 0 unspecified atom stereocenters. The lowest BCUT2D eigenvalue weighted by Gasteiger charge is -2.23. The zero-order chi connectivity index (χ0) is 18.4. The van der Waals surface area contributed by atoms with Crippen LogP contribution in [0.15, 0.2) is 52.0 Å². The third kappa shape index (κ3) is 5.15. The quantitative estimate of drug-likeness (QED) is 0.607. The van der Waals surface area contributed by atoms with Gasteiger partial charge in [-0.15, -0.1) is 0 Å². The van der Waals surface area contributed by atoms with Crippen molar-refractivity contribution in [3.63, 3.8) is 0 Å². The van der Waals surface area contributed by atoms with Gasteiger partial charge in [-0.05, 0) is 30.3 Å². The van der Waals surface area contributed by atoms with E-state index in [0.29, 0.717) is 31.2 Å². The van der Waals surface area contributed by atoms with Crippen LogP contribution >= 0.6 is 0 Å². The molecule has 1 aliphatic rings. The highest BCUT2D eigenvalue weighted by Crippen LogP contribution is 2.15. The topological polar surface area (TPSA) is 102 Å². The molecule has 1 fully saturated rings. The minimum absolute atomic E-state index is 0.0618. The van der Waals surface area contributed by atoms with Crippen LogP contribution in [0.4, 0.5) is 5.69 Å². The number of carbonyl (C=O) groups is 1. The molecule has 8 nitrogen and oxygen atoms in total. The van der Waals surface area contributed by atoms with Gasteiger partial charge in [-0.3, -0.25) is 4.79 Å². The maximum atomic E-state index is 12.4. The van der Waals surface area contributed by atoms with Crippen LogP contribution in [0.2, 0.25) is 0 Å². The first-order valence-electron chi connectivity index (χ1n) is 8.36. The Bertz CT molecular complexity index is 830. The summed E-state index contributed by atoms with van der Waals surface area (Å²) in [6.45, 7) is 3.27. The third-order valence-electron chi connectivity index (χ3n) is 4.06. The SMILES string of the molecule is O=C(C[NH+]1CCOCC1)Nc1cccc(S(=O)(=O)NCc2ccco2)c1. The van der Waals surface area contributed by atoms with Gasteiger partial charge in [0.15, 0.2) is 6.54 Å². The van der Waals surface area contributed by atoms with Gasteiger partial charge in [0.25, 0.3) is 5.91 Å². The van der Waals surface area contributed by atoms with E-state index in [2.05, 4.69) is 10.0 Å². The van der Waals surface area contributed by atoms with Crippen molar-refractivity contribution < 1.29 is 27.3 Å². The number of morpholine rings is 1. The maximum Gasteiger partial charge on any atom is 0.279 e. The number of rotatable bonds is 7. The summed E-state index contributed by atoms with van der Waals surface area (Å²) >= 11 is 0. The molecule has 1 saturated heterocycles. The van der Waals surface area contributed by atoms with Crippen LogP contribution in [0.3, 0.4) is 0 Å². The van der Waals surface area contributed by atoms with E-state index in [1.54, 1.807) is 24.3 Å². The van der Waals surface area contributed by atoms with Gasteiger partial charge in [-0.1, -0.05) is 6.07 Å². The summed E-state index contributed by atoms with van der Waals surface area (Å²) in [6.07, 6.45) is 1.48. The first kappa shape index (κ1) is 18.6. The predicted octanol–water partition coefficient (Wildman–Crippen LogP) is -0.388. The Morgan fingerprint density at radius 2 is 1.96 bits per heavy atom. The lowest BCUT2D eigenvalue weighted by molar-refractivity contribution is -0.899. The summed E-state index contributed by atoms with van der Waals surface area (Å²) in [5.41, 5.74) is 0.448. The number of furan rings is 1. The molecule has 0 atom stereocenters. The average molecular weight is 380 g/mol. The molecule has 2 aromatic rings. The second-order valence-electron chi connectivity index (χ2n) is 6.02. The van der Waals surface area contributed by atoms with Crippen molar-refractivity contribution in [2.45, 2.75) is 11.4 Å². The molecule has 0 radical (unpaired) electrons. The fraction of sp³-hybridized carbons (Fsp3) is 0.353. The van der Waals surface area contributed by atoms with E-state index in [0.717, 1.165) is 18.0 Å². The van der Waals surface area contributed by atoms with Gasteiger partial charge in [-0.2, -0.15) is 0 Å². The lowest BCUT2D eigenvalue weighted by atomic mass is 10.3. The molecule has 9 heteroatoms. The summed E-state index contributed by atoms with van der Waals surface area (Å²) < 4.78 is 37.7. The first-order chi connectivity index (χ1) is 12.5. The molecule has 3 rings (SSSR count). The smallest absolute Gasteiger partial charge is 0.279 e. The van der Waals surface area contributed by atoms with Crippen molar-refractivity contribution in [2.24, 2.45) is 0 Å². The number of carbonyl (C=O) groups excluding carboxylic acids is 1. The van der Waals surface area contributed by atoms with Gasteiger partial charge < -0.3 is 19.4 Å². The van der Waals surface area contributed by atoms with E-state index in [1.165, 1.54) is 18.4 Å². The molecule has 1 aromatic carbocycles. The van der Waals surface area contributed by atoms with Crippen LogP contribution in [0.1, 0.15) is 5.76 Å². The number of anilines is 1. The molecular weight excluding hydrogens is 358 g/mol. The molecule has 2 heterocycles. The largest absolute Gasteiger partial charge is 0.468 e. The van der Waals surface area contributed by atoms with Crippen molar-refractivity contribution in [3.05, 3.63) is 48.4 Å². The van der Waals surface area contributed by atoms with E-state index in [1.807, 2.05) is 0 Å². The second-order valence-corrected chi connectivity index (χ2v) is 7.79. The van der Waals surface area contributed by atoms with Crippen molar-refractivity contribution >= 4 is 21.6 Å². The number of benzene rings is 1. The Hall–Kier alpha value is -2.20. The summed E-state index contributed by atoms with van der Waals surface area (Å²) in [5, 5.41) is 2.76. The molecule has 0 aliphatic carbocycles. The van der Waals surface area contributed by atoms with E-state index in [9.17, 15) is 13.2 Å². The number of hydrogen-bond acceptors (Lipinski definition) is 5. The zero-order valence-electron chi connectivity index (χ0n) is 14.2. The van der Waals surface area contributed by atoms with Crippen molar-refractivity contribution in [1.82, 2.24) is 4.72 Å². The van der Waals surface area contributed by atoms with E-state index in [4.69, 9.17) is 9.15 Å². The second kappa shape index (κ2) is 8.45. The number of nitrogens with one attached hydrogen (secondary N) is 3. The van der Waals surface area contributed by atoms with Crippen molar-refractivity contribution in [2.75, 3.05) is 38.2 Å². The molecule has 1 aromatic heterocycles. The molecule has 1 amide bonds. The fourth-order valence-electron chi connectivity index (χ4n) is 2.67. The van der Waals surface area contributed by atoms with Crippen LogP contribution < -0.4 is 14.9 Å². The maximum absolute atomic E-state index is 12.4. The van der Waals surface area contributed by atoms with Crippen LogP contribution in [-0.2, 0) is 26.1 Å². The number of sulfonamides is 1. The van der Waals surface area contributed by atoms with Crippen LogP contribution in [0.5, 0.6) is 0 Å². The van der Waals surface area contributed by atoms with Gasteiger partial charge in [0.1, 0.15) is 18.8 Å². The zero-order valence-corrected chi connectivity index (χ0v) is 15.1. The minimum atomic E-state index is -3.70. The lowest BCUT2D eigenvalue weighted by Crippen LogP contribution is -3.15. The molecule has 0 saturated carbocycles. The summed E-state index contributed by atoms with van der Waals surface area (Å²) in [4.78, 5) is 13.4. The van der Waals surface area contributed by atoms with Gasteiger partial charge in [-0.25, -0.2) is 13.1 Å². The van der Waals surface area contributed by atoms with Crippen LogP contribution in [0.25, 0.3) is 0 Å². The normalized spacial score (nSPS) is 15.7. The summed E-state index contributed by atoms with van der Waals surface area (Å²) in [7, 11) is -3.70. The molecule has 1 aliphatic heterocycles. The first-order valence-corrected chi connectivity index (χ1v) is 9.84. The Kier molecular flexibility index (Phi) is 6.04. The monoisotopic (exact) mass is 380 g/mol. The summed E-state index contributed by atoms with van der Waals surface area (Å²) in [6, 6.07) is 9.56. The van der Waals surface area contributed by atoms with E-state index >= 15 is 0 Å². The van der Waals surface area contributed by atoms with Crippen molar-refractivity contribution in [1.29, 1.82) is 0 Å². The number of quaternary nitrogens is 1. The molecule has 26 heavy (non-hydrogen) atoms. The van der Waals surface area contributed by atoms with Crippen LogP contribution in [-0.4, -0.2) is 47.2 Å². The summed E-state index contributed by atoms with van der Waals surface area (Å²) in [5.74, 6) is 0.367. The Labute approximate surface area is 152 Å². The number of amides is 1. The van der Waals surface area contributed by atoms with Gasteiger partial charge >= 0.3 is 0 Å². The predicted molar refractivity (Wildman–Crippen MR) is 94.2 cm³/mol. The molecular formula is C17H22N3O5S+. The highest BCUT2D eigenvalue weighted by molar-refractivity contribution is 7.89. The minimum Gasteiger partial charge on any atom is -0.468 e. The number of hydrogen-bond donors (Lipinski definition) is 3. The van der Waals surface area contributed by atoms with E-state index < -0.39 is 10.0 Å².